The average Bonchev–Trinajstić information content (AvgIpc) is 2.78. The molecule has 0 aliphatic rings. The van der Waals surface area contributed by atoms with Crippen LogP contribution in [0.5, 0.6) is 0 Å². The van der Waals surface area contributed by atoms with Gasteiger partial charge in [0.1, 0.15) is 5.01 Å². The van der Waals surface area contributed by atoms with E-state index in [2.05, 4.69) is 53.6 Å². The molecule has 0 saturated heterocycles. The molecule has 0 saturated carbocycles. The van der Waals surface area contributed by atoms with Crippen molar-refractivity contribution >= 4 is 16.5 Å². The molecule has 0 amide bonds. The summed E-state index contributed by atoms with van der Waals surface area (Å²) in [5.74, 6) is 0. The topological polar surface area (TPSA) is 37.8 Å². The molecule has 0 aliphatic carbocycles. The fraction of sp³-hybridized carbons (Fsp3) is 0.333. The molecule has 1 heterocycles. The summed E-state index contributed by atoms with van der Waals surface area (Å²) in [4.78, 5) is 0. The van der Waals surface area contributed by atoms with Gasteiger partial charge in [0.2, 0.25) is 5.13 Å². The van der Waals surface area contributed by atoms with Crippen molar-refractivity contribution in [3.63, 3.8) is 0 Å². The third kappa shape index (κ3) is 2.39. The van der Waals surface area contributed by atoms with Gasteiger partial charge in [0.05, 0.1) is 0 Å². The van der Waals surface area contributed by atoms with Crippen LogP contribution in [0.4, 0.5) is 5.13 Å². The van der Waals surface area contributed by atoms with Crippen molar-refractivity contribution < 1.29 is 0 Å². The minimum absolute atomic E-state index is 0.878. The molecule has 0 aliphatic heterocycles. The number of nitrogens with zero attached hydrogens (tertiary/aromatic N) is 2. The number of aromatic nitrogens is 2. The second kappa shape index (κ2) is 5.07. The minimum Gasteiger partial charge on any atom is -0.360 e. The predicted molar refractivity (Wildman–Crippen MR) is 68.9 cm³/mol. The van der Waals surface area contributed by atoms with Gasteiger partial charge in [0, 0.05) is 12.1 Å². The van der Waals surface area contributed by atoms with Gasteiger partial charge in [-0.05, 0) is 18.9 Å². The first-order chi connectivity index (χ1) is 7.83. The monoisotopic (exact) mass is 233 g/mol. The Morgan fingerprint density at radius 3 is 2.50 bits per heavy atom. The second-order valence-electron chi connectivity index (χ2n) is 3.49. The zero-order chi connectivity index (χ0) is 11.4. The second-order valence-corrected chi connectivity index (χ2v) is 4.47. The van der Waals surface area contributed by atoms with Gasteiger partial charge >= 0.3 is 0 Å². The first-order valence-electron chi connectivity index (χ1n) is 5.50. The molecule has 0 radical (unpaired) electrons. The molecule has 4 heteroatoms. The highest BCUT2D eigenvalue weighted by molar-refractivity contribution is 7.18. The Morgan fingerprint density at radius 1 is 1.12 bits per heavy atom. The van der Waals surface area contributed by atoms with E-state index in [0.29, 0.717) is 0 Å². The summed E-state index contributed by atoms with van der Waals surface area (Å²) in [5.41, 5.74) is 2.49. The lowest BCUT2D eigenvalue weighted by molar-refractivity contribution is 1.07. The van der Waals surface area contributed by atoms with Crippen molar-refractivity contribution in [3.8, 4) is 10.6 Å². The van der Waals surface area contributed by atoms with Gasteiger partial charge in [-0.25, -0.2) is 0 Å². The zero-order valence-electron chi connectivity index (χ0n) is 9.53. The summed E-state index contributed by atoms with van der Waals surface area (Å²) in [6.07, 6.45) is 1.07. The van der Waals surface area contributed by atoms with Gasteiger partial charge in [0.15, 0.2) is 0 Å². The summed E-state index contributed by atoms with van der Waals surface area (Å²) in [7, 11) is 0. The van der Waals surface area contributed by atoms with E-state index in [1.54, 1.807) is 11.3 Å². The summed E-state index contributed by atoms with van der Waals surface area (Å²) in [6.45, 7) is 5.09. The minimum atomic E-state index is 0.878. The fourth-order valence-corrected chi connectivity index (χ4v) is 2.26. The highest BCUT2D eigenvalue weighted by Gasteiger charge is 2.05. The molecule has 3 nitrogen and oxygen atoms in total. The molecule has 0 spiro atoms. The van der Waals surface area contributed by atoms with E-state index in [-0.39, 0.29) is 0 Å². The van der Waals surface area contributed by atoms with E-state index in [4.69, 9.17) is 0 Å². The molecule has 0 unspecified atom stereocenters. The lowest BCUT2D eigenvalue weighted by atomic mass is 10.1. The quantitative estimate of drug-likeness (QED) is 0.881. The first kappa shape index (κ1) is 11.1. The molecule has 84 valence electrons. The molecular weight excluding hydrogens is 218 g/mol. The van der Waals surface area contributed by atoms with Gasteiger partial charge in [-0.2, -0.15) is 0 Å². The maximum absolute atomic E-state index is 4.17. The van der Waals surface area contributed by atoms with E-state index in [1.807, 2.05) is 0 Å². The van der Waals surface area contributed by atoms with Crippen LogP contribution in [0, 0.1) is 0 Å². The van der Waals surface area contributed by atoms with Crippen molar-refractivity contribution in [1.29, 1.82) is 0 Å². The van der Waals surface area contributed by atoms with Crippen LogP contribution in [-0.4, -0.2) is 16.7 Å². The van der Waals surface area contributed by atoms with Gasteiger partial charge in [-0.1, -0.05) is 42.5 Å². The van der Waals surface area contributed by atoms with Crippen molar-refractivity contribution in [3.05, 3.63) is 29.8 Å². The Balaban J connectivity index is 2.21. The van der Waals surface area contributed by atoms with E-state index in [1.165, 1.54) is 5.56 Å². The van der Waals surface area contributed by atoms with Crippen LogP contribution in [0.15, 0.2) is 24.3 Å². The van der Waals surface area contributed by atoms with Crippen LogP contribution in [0.1, 0.15) is 19.4 Å². The van der Waals surface area contributed by atoms with Crippen LogP contribution in [-0.2, 0) is 6.42 Å². The van der Waals surface area contributed by atoms with Crippen LogP contribution in [0.2, 0.25) is 0 Å². The smallest absolute Gasteiger partial charge is 0.205 e. The average molecular weight is 233 g/mol. The third-order valence-electron chi connectivity index (χ3n) is 2.36. The standard InChI is InChI=1S/C12H15N3S/c1-3-9-5-7-10(8-6-9)11-14-15-12(16-11)13-4-2/h5-8H,3-4H2,1-2H3,(H,13,15). The van der Waals surface area contributed by atoms with Crippen LogP contribution in [0.25, 0.3) is 10.6 Å². The SMILES string of the molecule is CCNc1nnc(-c2ccc(CC)cc2)s1. The van der Waals surface area contributed by atoms with E-state index in [9.17, 15) is 0 Å². The number of hydrogen-bond donors (Lipinski definition) is 1. The van der Waals surface area contributed by atoms with Gasteiger partial charge in [0.25, 0.3) is 0 Å². The van der Waals surface area contributed by atoms with E-state index < -0.39 is 0 Å². The Labute approximate surface area is 99.5 Å². The summed E-state index contributed by atoms with van der Waals surface area (Å²) >= 11 is 1.59. The Morgan fingerprint density at radius 2 is 1.88 bits per heavy atom. The number of aryl methyl sites for hydroxylation is 1. The lowest BCUT2D eigenvalue weighted by Gasteiger charge is -1.97. The Bertz CT molecular complexity index is 448. The number of anilines is 1. The normalized spacial score (nSPS) is 10.4. The Kier molecular flexibility index (Phi) is 3.51. The fourth-order valence-electron chi connectivity index (χ4n) is 1.45. The largest absolute Gasteiger partial charge is 0.360 e. The molecule has 2 rings (SSSR count). The molecule has 1 aromatic carbocycles. The van der Waals surface area contributed by atoms with Crippen molar-refractivity contribution in [2.75, 3.05) is 11.9 Å². The van der Waals surface area contributed by atoms with Crippen LogP contribution >= 0.6 is 11.3 Å². The predicted octanol–water partition coefficient (Wildman–Crippen LogP) is 3.20. The molecule has 1 N–H and O–H groups in total. The third-order valence-corrected chi connectivity index (χ3v) is 3.29. The highest BCUT2D eigenvalue weighted by Crippen LogP contribution is 2.26. The summed E-state index contributed by atoms with van der Waals surface area (Å²) < 4.78 is 0. The Hall–Kier alpha value is -1.42. The summed E-state index contributed by atoms with van der Waals surface area (Å²) in [5, 5.41) is 13.3. The van der Waals surface area contributed by atoms with E-state index >= 15 is 0 Å². The van der Waals surface area contributed by atoms with Crippen molar-refractivity contribution in [2.24, 2.45) is 0 Å². The van der Waals surface area contributed by atoms with E-state index in [0.717, 1.165) is 28.7 Å². The molecule has 0 fully saturated rings. The molecular formula is C12H15N3S. The van der Waals surface area contributed by atoms with Crippen LogP contribution in [0.3, 0.4) is 0 Å². The van der Waals surface area contributed by atoms with Gasteiger partial charge in [-0.15, -0.1) is 10.2 Å². The zero-order valence-corrected chi connectivity index (χ0v) is 10.3. The highest BCUT2D eigenvalue weighted by atomic mass is 32.1. The molecule has 1 aromatic heterocycles. The molecule has 2 aromatic rings. The number of rotatable bonds is 4. The van der Waals surface area contributed by atoms with Crippen molar-refractivity contribution in [2.45, 2.75) is 20.3 Å². The molecule has 16 heavy (non-hydrogen) atoms. The maximum atomic E-state index is 4.17. The van der Waals surface area contributed by atoms with Gasteiger partial charge < -0.3 is 5.32 Å². The molecule has 0 bridgehead atoms. The number of nitrogens with one attached hydrogen (secondary N) is 1. The van der Waals surface area contributed by atoms with Gasteiger partial charge in [-0.3, -0.25) is 0 Å². The number of benzene rings is 1. The molecule has 0 atom stereocenters. The maximum Gasteiger partial charge on any atom is 0.205 e. The summed E-state index contributed by atoms with van der Waals surface area (Å²) in [6, 6.07) is 8.50. The van der Waals surface area contributed by atoms with Crippen LogP contribution < -0.4 is 5.32 Å². The number of hydrogen-bond acceptors (Lipinski definition) is 4. The first-order valence-corrected chi connectivity index (χ1v) is 6.31. The van der Waals surface area contributed by atoms with Crippen molar-refractivity contribution in [1.82, 2.24) is 10.2 Å². The lowest BCUT2D eigenvalue weighted by Crippen LogP contribution is -1.94.